The lowest BCUT2D eigenvalue weighted by Crippen LogP contribution is -2.37. The fourth-order valence-corrected chi connectivity index (χ4v) is 4.05. The van der Waals surface area contributed by atoms with Crippen molar-refractivity contribution in [2.45, 2.75) is 25.6 Å². The molecule has 2 saturated heterocycles. The molecule has 3 heterocycles. The van der Waals surface area contributed by atoms with Gasteiger partial charge in [0, 0.05) is 24.6 Å². The number of hydrogen-bond acceptors (Lipinski definition) is 6. The lowest BCUT2D eigenvalue weighted by atomic mass is 9.87. The van der Waals surface area contributed by atoms with Gasteiger partial charge < -0.3 is 14.4 Å². The first kappa shape index (κ1) is 20.0. The van der Waals surface area contributed by atoms with Crippen LogP contribution in [0, 0.1) is 29.0 Å². The summed E-state index contributed by atoms with van der Waals surface area (Å²) in [5.41, 5.74) is 0.633. The highest BCUT2D eigenvalue weighted by atomic mass is 35.5. The summed E-state index contributed by atoms with van der Waals surface area (Å²) in [6.45, 7) is 3.03. The topological polar surface area (TPSA) is 71.3 Å². The summed E-state index contributed by atoms with van der Waals surface area (Å²) in [5, 5.41) is 9.38. The molecule has 0 amide bonds. The third kappa shape index (κ3) is 4.84. The summed E-state index contributed by atoms with van der Waals surface area (Å²) in [7, 11) is 0. The molecular weight excluding hydrogens is 395 g/mol. The highest BCUT2D eigenvalue weighted by molar-refractivity contribution is 6.30. The van der Waals surface area contributed by atoms with E-state index in [1.54, 1.807) is 18.5 Å². The molecule has 2 fully saturated rings. The largest absolute Gasteiger partial charge is 0.348 e. The zero-order valence-electron chi connectivity index (χ0n) is 15.9. The van der Waals surface area contributed by atoms with Crippen LogP contribution in [0.4, 0.5) is 10.3 Å². The molecule has 1 aromatic heterocycles. The zero-order chi connectivity index (χ0) is 20.2. The van der Waals surface area contributed by atoms with E-state index in [1.807, 2.05) is 6.07 Å². The highest BCUT2D eigenvalue weighted by Gasteiger charge is 2.28. The fourth-order valence-electron chi connectivity index (χ4n) is 3.95. The molecule has 0 spiro atoms. The molecule has 0 aliphatic carbocycles. The molecule has 0 bridgehead atoms. The van der Waals surface area contributed by atoms with Crippen LogP contribution in [0.3, 0.4) is 0 Å². The molecule has 2 aliphatic heterocycles. The van der Waals surface area contributed by atoms with Gasteiger partial charge in [-0.25, -0.2) is 14.4 Å². The molecule has 1 aromatic carbocycles. The van der Waals surface area contributed by atoms with Gasteiger partial charge in [-0.05, 0) is 37.3 Å². The number of nitriles is 1. The van der Waals surface area contributed by atoms with Crippen LogP contribution in [0.25, 0.3) is 0 Å². The molecule has 0 saturated carbocycles. The Hall–Kier alpha value is -2.27. The van der Waals surface area contributed by atoms with Crippen LogP contribution < -0.4 is 4.90 Å². The number of rotatable bonds is 4. The maximum absolute atomic E-state index is 13.8. The van der Waals surface area contributed by atoms with Crippen LogP contribution >= 0.6 is 11.6 Å². The second-order valence-electron chi connectivity index (χ2n) is 7.58. The smallest absolute Gasteiger partial charge is 0.225 e. The predicted molar refractivity (Wildman–Crippen MR) is 106 cm³/mol. The van der Waals surface area contributed by atoms with E-state index in [2.05, 4.69) is 14.9 Å². The molecule has 2 aromatic rings. The van der Waals surface area contributed by atoms with Crippen molar-refractivity contribution >= 4 is 17.5 Å². The first-order chi connectivity index (χ1) is 14.1. The number of anilines is 1. The molecule has 6 nitrogen and oxygen atoms in total. The minimum absolute atomic E-state index is 0.0257. The van der Waals surface area contributed by atoms with Gasteiger partial charge in [-0.3, -0.25) is 0 Å². The molecule has 2 aliphatic rings. The van der Waals surface area contributed by atoms with Gasteiger partial charge in [0.1, 0.15) is 11.9 Å². The van der Waals surface area contributed by atoms with Gasteiger partial charge in [-0.15, -0.1) is 0 Å². The van der Waals surface area contributed by atoms with Crippen molar-refractivity contribution in [2.75, 3.05) is 31.2 Å². The van der Waals surface area contributed by atoms with Crippen molar-refractivity contribution in [1.82, 2.24) is 9.97 Å². The maximum atomic E-state index is 13.8. The summed E-state index contributed by atoms with van der Waals surface area (Å²) >= 11 is 5.85. The SMILES string of the molecule is N#Cc1ccc([C@H]2OC[C@@H](CC3CCN(c4ncc(Cl)cn4)CC3)CO2)cc1F. The highest BCUT2D eigenvalue weighted by Crippen LogP contribution is 2.32. The second kappa shape index (κ2) is 9.04. The van der Waals surface area contributed by atoms with E-state index in [4.69, 9.17) is 26.3 Å². The van der Waals surface area contributed by atoms with Crippen molar-refractivity contribution in [3.05, 3.63) is 52.6 Å². The van der Waals surface area contributed by atoms with Crippen molar-refractivity contribution in [1.29, 1.82) is 5.26 Å². The van der Waals surface area contributed by atoms with Gasteiger partial charge in [0.2, 0.25) is 5.95 Å². The van der Waals surface area contributed by atoms with E-state index >= 15 is 0 Å². The van der Waals surface area contributed by atoms with Gasteiger partial charge in [0.25, 0.3) is 0 Å². The van der Waals surface area contributed by atoms with Crippen molar-refractivity contribution in [3.63, 3.8) is 0 Å². The van der Waals surface area contributed by atoms with Gasteiger partial charge in [0.15, 0.2) is 6.29 Å². The molecule has 0 radical (unpaired) electrons. The summed E-state index contributed by atoms with van der Waals surface area (Å²) in [6.07, 6.45) is 5.88. The number of benzene rings is 1. The van der Waals surface area contributed by atoms with E-state index in [0.717, 1.165) is 38.3 Å². The third-order valence-electron chi connectivity index (χ3n) is 5.52. The standard InChI is InChI=1S/C21H22ClFN4O2/c22-18-10-25-21(26-11-18)27-5-3-14(4-6-27)7-15-12-28-20(29-13-15)16-1-2-17(9-24)19(23)8-16/h1-2,8,10-11,14-15,20H,3-7,12-13H2/t15-,20+. The molecule has 0 atom stereocenters. The van der Waals surface area contributed by atoms with E-state index < -0.39 is 12.1 Å². The number of nitrogens with zero attached hydrogens (tertiary/aromatic N) is 4. The van der Waals surface area contributed by atoms with E-state index in [1.165, 1.54) is 12.1 Å². The van der Waals surface area contributed by atoms with E-state index in [0.29, 0.717) is 35.6 Å². The van der Waals surface area contributed by atoms with Crippen LogP contribution in [0.5, 0.6) is 0 Å². The number of aromatic nitrogens is 2. The van der Waals surface area contributed by atoms with E-state index in [9.17, 15) is 4.39 Å². The van der Waals surface area contributed by atoms with Crippen molar-refractivity contribution in [2.24, 2.45) is 11.8 Å². The van der Waals surface area contributed by atoms with E-state index in [-0.39, 0.29) is 5.56 Å². The first-order valence-electron chi connectivity index (χ1n) is 9.77. The summed E-state index contributed by atoms with van der Waals surface area (Å²) in [6, 6.07) is 6.28. The quantitative estimate of drug-likeness (QED) is 0.746. The van der Waals surface area contributed by atoms with Crippen LogP contribution in [-0.2, 0) is 9.47 Å². The molecular formula is C21H22ClFN4O2. The number of ether oxygens (including phenoxy) is 2. The third-order valence-corrected chi connectivity index (χ3v) is 5.72. The fraction of sp³-hybridized carbons (Fsp3) is 0.476. The van der Waals surface area contributed by atoms with Gasteiger partial charge in [-0.2, -0.15) is 5.26 Å². The number of piperidine rings is 1. The molecule has 4 rings (SSSR count). The van der Waals surface area contributed by atoms with Gasteiger partial charge >= 0.3 is 0 Å². The lowest BCUT2D eigenvalue weighted by Gasteiger charge is -2.35. The second-order valence-corrected chi connectivity index (χ2v) is 8.02. The zero-order valence-corrected chi connectivity index (χ0v) is 16.7. The van der Waals surface area contributed by atoms with Crippen LogP contribution in [-0.4, -0.2) is 36.3 Å². The Balaban J connectivity index is 1.24. The molecule has 152 valence electrons. The summed E-state index contributed by atoms with van der Waals surface area (Å²) in [4.78, 5) is 10.8. The molecule has 8 heteroatoms. The lowest BCUT2D eigenvalue weighted by molar-refractivity contribution is -0.207. The average molecular weight is 417 g/mol. The average Bonchev–Trinajstić information content (AvgIpc) is 2.75. The Labute approximate surface area is 174 Å². The summed E-state index contributed by atoms with van der Waals surface area (Å²) < 4.78 is 25.5. The van der Waals surface area contributed by atoms with Crippen LogP contribution in [0.2, 0.25) is 5.02 Å². The Morgan fingerprint density at radius 3 is 2.45 bits per heavy atom. The first-order valence-corrected chi connectivity index (χ1v) is 10.2. The van der Waals surface area contributed by atoms with Gasteiger partial charge in [0.05, 0.1) is 36.2 Å². The normalized spacial score (nSPS) is 23.0. The summed E-state index contributed by atoms with van der Waals surface area (Å²) in [5.74, 6) is 1.13. The monoisotopic (exact) mass is 416 g/mol. The molecule has 0 N–H and O–H groups in total. The number of halogens is 2. The Morgan fingerprint density at radius 2 is 1.83 bits per heavy atom. The maximum Gasteiger partial charge on any atom is 0.225 e. The van der Waals surface area contributed by atoms with Gasteiger partial charge in [-0.1, -0.05) is 17.7 Å². The minimum atomic E-state index is -0.572. The van der Waals surface area contributed by atoms with Crippen molar-refractivity contribution < 1.29 is 13.9 Å². The number of hydrogen-bond donors (Lipinski definition) is 0. The van der Waals surface area contributed by atoms with Crippen molar-refractivity contribution in [3.8, 4) is 6.07 Å². The predicted octanol–water partition coefficient (Wildman–Crippen LogP) is 4.11. The molecule has 29 heavy (non-hydrogen) atoms. The Morgan fingerprint density at radius 1 is 1.14 bits per heavy atom. The minimum Gasteiger partial charge on any atom is -0.348 e. The van der Waals surface area contributed by atoms with Crippen LogP contribution in [0.1, 0.15) is 36.7 Å². The Kier molecular flexibility index (Phi) is 6.24. The van der Waals surface area contributed by atoms with Crippen LogP contribution in [0.15, 0.2) is 30.6 Å². The molecule has 0 unspecified atom stereocenters. The Bertz CT molecular complexity index is 873.